The number of amides is 1. The minimum atomic E-state index is -0.208. The number of halogens is 2. The SMILES string of the molecule is CC(C(=O)Nc1ccc(Cl)cc1)N1CCC2(CC1)CC(c1ccnc3ccc(F)cc13)C2. The maximum atomic E-state index is 13.8. The fourth-order valence-corrected chi connectivity index (χ4v) is 5.57. The highest BCUT2D eigenvalue weighted by atomic mass is 35.5. The second-order valence-corrected chi connectivity index (χ2v) is 9.81. The Hall–Kier alpha value is -2.50. The van der Waals surface area contributed by atoms with E-state index < -0.39 is 0 Å². The van der Waals surface area contributed by atoms with Crippen LogP contribution in [0.15, 0.2) is 54.7 Å². The predicted octanol–water partition coefficient (Wildman–Crippen LogP) is 6.01. The molecule has 1 atom stereocenters. The van der Waals surface area contributed by atoms with Crippen molar-refractivity contribution in [1.82, 2.24) is 9.88 Å². The monoisotopic (exact) mass is 451 g/mol. The molecule has 2 heterocycles. The summed E-state index contributed by atoms with van der Waals surface area (Å²) in [5, 5.41) is 4.58. The molecule has 1 aromatic heterocycles. The van der Waals surface area contributed by atoms with Crippen molar-refractivity contribution in [2.75, 3.05) is 18.4 Å². The van der Waals surface area contributed by atoms with Crippen LogP contribution < -0.4 is 5.32 Å². The zero-order valence-corrected chi connectivity index (χ0v) is 18.9. The van der Waals surface area contributed by atoms with Gasteiger partial charge in [0.2, 0.25) is 5.91 Å². The summed E-state index contributed by atoms with van der Waals surface area (Å²) >= 11 is 5.92. The Bertz CT molecular complexity index is 1130. The third-order valence-corrected chi connectivity index (χ3v) is 7.69. The number of rotatable bonds is 4. The first-order valence-electron chi connectivity index (χ1n) is 11.3. The number of benzene rings is 2. The Morgan fingerprint density at radius 3 is 2.59 bits per heavy atom. The molecule has 1 N–H and O–H groups in total. The summed E-state index contributed by atoms with van der Waals surface area (Å²) < 4.78 is 13.8. The number of hydrogen-bond acceptors (Lipinski definition) is 3. The first kappa shape index (κ1) is 21.4. The van der Waals surface area contributed by atoms with Gasteiger partial charge in [0.1, 0.15) is 5.82 Å². The topological polar surface area (TPSA) is 45.2 Å². The molecule has 0 radical (unpaired) electrons. The summed E-state index contributed by atoms with van der Waals surface area (Å²) in [5.41, 5.74) is 3.19. The van der Waals surface area contributed by atoms with Gasteiger partial charge in [0.25, 0.3) is 0 Å². The van der Waals surface area contributed by atoms with E-state index in [2.05, 4.69) is 21.3 Å². The summed E-state index contributed by atoms with van der Waals surface area (Å²) in [5.74, 6) is 0.263. The molecule has 3 aromatic rings. The highest BCUT2D eigenvalue weighted by Gasteiger charge is 2.47. The summed E-state index contributed by atoms with van der Waals surface area (Å²) in [7, 11) is 0. The summed E-state index contributed by atoms with van der Waals surface area (Å²) in [4.78, 5) is 19.4. The Balaban J connectivity index is 1.18. The maximum absolute atomic E-state index is 13.8. The van der Waals surface area contributed by atoms with Crippen LogP contribution in [0.5, 0.6) is 0 Å². The maximum Gasteiger partial charge on any atom is 0.241 e. The Morgan fingerprint density at radius 2 is 1.88 bits per heavy atom. The van der Waals surface area contributed by atoms with E-state index >= 15 is 0 Å². The second-order valence-electron chi connectivity index (χ2n) is 9.37. The first-order chi connectivity index (χ1) is 15.4. The number of anilines is 1. The fraction of sp³-hybridized carbons (Fsp3) is 0.385. The van der Waals surface area contributed by atoms with Crippen LogP contribution in [0.1, 0.15) is 44.1 Å². The normalized spacial score (nSPS) is 19.6. The first-order valence-corrected chi connectivity index (χ1v) is 11.6. The van der Waals surface area contributed by atoms with Crippen molar-refractivity contribution in [1.29, 1.82) is 0 Å². The van der Waals surface area contributed by atoms with E-state index in [9.17, 15) is 9.18 Å². The third kappa shape index (κ3) is 4.12. The molecule has 2 aliphatic rings. The quantitative estimate of drug-likeness (QED) is 0.528. The molecule has 2 fully saturated rings. The van der Waals surface area contributed by atoms with Gasteiger partial charge >= 0.3 is 0 Å². The average Bonchev–Trinajstić information content (AvgIpc) is 2.78. The largest absolute Gasteiger partial charge is 0.325 e. The molecular formula is C26H27ClFN3O. The van der Waals surface area contributed by atoms with Gasteiger partial charge in [-0.05, 0) is 111 Å². The van der Waals surface area contributed by atoms with Crippen molar-refractivity contribution in [3.63, 3.8) is 0 Å². The molecule has 6 heteroatoms. The highest BCUT2D eigenvalue weighted by Crippen LogP contribution is 2.57. The van der Waals surface area contributed by atoms with Crippen LogP contribution >= 0.6 is 11.6 Å². The van der Waals surface area contributed by atoms with E-state index in [1.807, 2.05) is 25.3 Å². The van der Waals surface area contributed by atoms with E-state index in [0.717, 1.165) is 55.4 Å². The lowest BCUT2D eigenvalue weighted by molar-refractivity contribution is -0.122. The Labute approximate surface area is 192 Å². The molecule has 2 aromatic carbocycles. The van der Waals surface area contributed by atoms with Gasteiger partial charge in [-0.2, -0.15) is 0 Å². The third-order valence-electron chi connectivity index (χ3n) is 7.43. The zero-order valence-electron chi connectivity index (χ0n) is 18.2. The van der Waals surface area contributed by atoms with Gasteiger partial charge < -0.3 is 5.32 Å². The molecule has 1 unspecified atom stereocenters. The summed E-state index contributed by atoms with van der Waals surface area (Å²) in [6.07, 6.45) is 6.28. The lowest BCUT2D eigenvalue weighted by Gasteiger charge is -2.53. The van der Waals surface area contributed by atoms with Gasteiger partial charge in [0.15, 0.2) is 0 Å². The molecule has 166 valence electrons. The summed E-state index contributed by atoms with van der Waals surface area (Å²) in [6.45, 7) is 3.83. The fourth-order valence-electron chi connectivity index (χ4n) is 5.44. The van der Waals surface area contributed by atoms with Crippen molar-refractivity contribution >= 4 is 34.1 Å². The molecule has 1 amide bonds. The van der Waals surface area contributed by atoms with Crippen molar-refractivity contribution in [3.8, 4) is 0 Å². The van der Waals surface area contributed by atoms with E-state index in [4.69, 9.17) is 11.6 Å². The molecule has 1 spiro atoms. The van der Waals surface area contributed by atoms with Crippen LogP contribution in [-0.4, -0.2) is 34.9 Å². The number of carbonyl (C=O) groups is 1. The van der Waals surface area contributed by atoms with Gasteiger partial charge in [-0.25, -0.2) is 4.39 Å². The van der Waals surface area contributed by atoms with Crippen molar-refractivity contribution in [2.45, 2.75) is 44.6 Å². The summed E-state index contributed by atoms with van der Waals surface area (Å²) in [6, 6.07) is 13.9. The molecule has 1 saturated carbocycles. The number of piperidine rings is 1. The van der Waals surface area contributed by atoms with E-state index in [1.54, 1.807) is 24.3 Å². The standard InChI is InChI=1S/C26H27ClFN3O/c1-17(25(32)30-21-5-2-19(27)3-6-21)31-12-9-26(10-13-31)15-18(16-26)22-8-11-29-24-7-4-20(28)14-23(22)24/h2-8,11,14,17-18H,9-10,12-13,15-16H2,1H3,(H,30,32). The van der Waals surface area contributed by atoms with Crippen molar-refractivity contribution in [3.05, 3.63) is 71.1 Å². The highest BCUT2D eigenvalue weighted by molar-refractivity contribution is 6.30. The lowest BCUT2D eigenvalue weighted by Crippen LogP contribution is -2.51. The average molecular weight is 452 g/mol. The van der Waals surface area contributed by atoms with E-state index in [0.29, 0.717) is 16.4 Å². The van der Waals surface area contributed by atoms with Crippen LogP contribution in [-0.2, 0) is 4.79 Å². The molecular weight excluding hydrogens is 425 g/mol. The Morgan fingerprint density at radius 1 is 1.16 bits per heavy atom. The molecule has 1 aliphatic heterocycles. The van der Waals surface area contributed by atoms with Crippen LogP contribution in [0.3, 0.4) is 0 Å². The second kappa shape index (κ2) is 8.45. The van der Waals surface area contributed by atoms with Gasteiger partial charge in [-0.15, -0.1) is 0 Å². The van der Waals surface area contributed by atoms with Gasteiger partial charge in [-0.1, -0.05) is 11.6 Å². The van der Waals surface area contributed by atoms with E-state index in [-0.39, 0.29) is 17.8 Å². The van der Waals surface area contributed by atoms with Gasteiger partial charge in [0.05, 0.1) is 11.6 Å². The molecule has 0 bridgehead atoms. The predicted molar refractivity (Wildman–Crippen MR) is 126 cm³/mol. The number of likely N-dealkylation sites (tertiary alicyclic amines) is 1. The van der Waals surface area contributed by atoms with Crippen molar-refractivity contribution < 1.29 is 9.18 Å². The number of carbonyl (C=O) groups excluding carboxylic acids is 1. The van der Waals surface area contributed by atoms with Crippen LogP contribution in [0.25, 0.3) is 10.9 Å². The lowest BCUT2D eigenvalue weighted by atomic mass is 9.55. The molecule has 5 rings (SSSR count). The number of nitrogens with zero attached hydrogens (tertiary/aromatic N) is 2. The zero-order chi connectivity index (χ0) is 22.3. The Kier molecular flexibility index (Phi) is 5.64. The van der Waals surface area contributed by atoms with Gasteiger partial charge in [0, 0.05) is 22.3 Å². The molecule has 1 saturated heterocycles. The number of aromatic nitrogens is 1. The molecule has 32 heavy (non-hydrogen) atoms. The van der Waals surface area contributed by atoms with Gasteiger partial charge in [-0.3, -0.25) is 14.7 Å². The minimum absolute atomic E-state index is 0.0139. The van der Waals surface area contributed by atoms with Crippen LogP contribution in [0.2, 0.25) is 5.02 Å². The van der Waals surface area contributed by atoms with Crippen molar-refractivity contribution in [2.24, 2.45) is 5.41 Å². The smallest absolute Gasteiger partial charge is 0.241 e. The molecule has 1 aliphatic carbocycles. The number of nitrogens with one attached hydrogen (secondary N) is 1. The number of hydrogen-bond donors (Lipinski definition) is 1. The van der Waals surface area contributed by atoms with Crippen LogP contribution in [0.4, 0.5) is 10.1 Å². The van der Waals surface area contributed by atoms with E-state index in [1.165, 1.54) is 11.6 Å². The number of fused-ring (bicyclic) bond motifs is 1. The number of pyridine rings is 1. The minimum Gasteiger partial charge on any atom is -0.325 e. The molecule has 4 nitrogen and oxygen atoms in total. The van der Waals surface area contributed by atoms with Crippen LogP contribution in [0, 0.1) is 11.2 Å².